The number of nitrogens with two attached hydrogens (primary N) is 1. The highest BCUT2D eigenvalue weighted by Gasteiger charge is 2.27. The zero-order chi connectivity index (χ0) is 14.7. The van der Waals surface area contributed by atoms with Crippen LogP contribution < -0.4 is 5.73 Å². The maximum absolute atomic E-state index is 6.30. The molecule has 2 aromatic heterocycles. The summed E-state index contributed by atoms with van der Waals surface area (Å²) in [4.78, 5) is 5.21. The fraction of sp³-hybridized carbons (Fsp3) is 0.467. The van der Waals surface area contributed by atoms with Crippen molar-refractivity contribution in [2.75, 3.05) is 0 Å². The van der Waals surface area contributed by atoms with Crippen LogP contribution >= 0.6 is 38.6 Å². The van der Waals surface area contributed by atoms with Crippen LogP contribution in [0.1, 0.15) is 36.6 Å². The van der Waals surface area contributed by atoms with E-state index in [9.17, 15) is 0 Å². The van der Waals surface area contributed by atoms with Crippen LogP contribution in [-0.2, 0) is 6.54 Å². The molecule has 0 aliphatic carbocycles. The lowest BCUT2D eigenvalue weighted by atomic mass is 10.0. The molecule has 5 heteroatoms. The van der Waals surface area contributed by atoms with Crippen molar-refractivity contribution in [3.8, 4) is 0 Å². The largest absolute Gasteiger partial charge is 0.326 e. The summed E-state index contributed by atoms with van der Waals surface area (Å²) in [6, 6.07) is 7.32. The van der Waals surface area contributed by atoms with E-state index in [1.807, 2.05) is 11.3 Å². The average Bonchev–Trinajstić information content (AvgIpc) is 2.99. The molecule has 0 spiro atoms. The van der Waals surface area contributed by atoms with E-state index >= 15 is 0 Å². The minimum atomic E-state index is 0.0999. The predicted molar refractivity (Wildman–Crippen MR) is 93.4 cm³/mol. The molecule has 0 bridgehead atoms. The molecule has 2 heterocycles. The first-order valence-electron chi connectivity index (χ1n) is 6.76. The van der Waals surface area contributed by atoms with Crippen LogP contribution in [0.25, 0.3) is 0 Å². The van der Waals surface area contributed by atoms with Gasteiger partial charge in [-0.05, 0) is 54.2 Å². The first-order valence-corrected chi connectivity index (χ1v) is 9.32. The molecule has 110 valence electrons. The fourth-order valence-corrected chi connectivity index (χ4v) is 4.78. The van der Waals surface area contributed by atoms with Crippen molar-refractivity contribution in [1.82, 2.24) is 4.90 Å². The Labute approximate surface area is 137 Å². The molecule has 0 aliphatic heterocycles. The third-order valence-corrected chi connectivity index (χ3v) is 5.94. The molecule has 2 N–H and O–H groups in total. The molecule has 0 amide bonds. The van der Waals surface area contributed by atoms with E-state index in [2.05, 4.69) is 70.6 Å². The summed E-state index contributed by atoms with van der Waals surface area (Å²) in [6.45, 7) is 7.54. The zero-order valence-electron chi connectivity index (χ0n) is 12.0. The van der Waals surface area contributed by atoms with Crippen molar-refractivity contribution in [2.24, 2.45) is 5.73 Å². The Morgan fingerprint density at radius 1 is 1.30 bits per heavy atom. The molecular weight excluding hydrogens is 352 g/mol. The number of hydrogen-bond acceptors (Lipinski definition) is 4. The number of thiophene rings is 2. The average molecular weight is 373 g/mol. The third kappa shape index (κ3) is 3.92. The molecule has 2 rings (SSSR count). The molecule has 0 aliphatic rings. The quantitative estimate of drug-likeness (QED) is 0.783. The molecular formula is C15H21BrN2S2. The van der Waals surface area contributed by atoms with Gasteiger partial charge in [-0.25, -0.2) is 0 Å². The second-order valence-corrected chi connectivity index (χ2v) is 8.21. The van der Waals surface area contributed by atoms with Gasteiger partial charge in [0.25, 0.3) is 0 Å². The SMILES string of the molecule is CC(N)C(c1cc(Br)cs1)N(Cc1cccs1)C(C)C. The molecule has 0 radical (unpaired) electrons. The highest BCUT2D eigenvalue weighted by Crippen LogP contribution is 2.34. The van der Waals surface area contributed by atoms with Gasteiger partial charge in [-0.3, -0.25) is 4.90 Å². The first-order chi connectivity index (χ1) is 9.49. The molecule has 2 aromatic rings. The highest BCUT2D eigenvalue weighted by molar-refractivity contribution is 9.10. The maximum atomic E-state index is 6.30. The van der Waals surface area contributed by atoms with Crippen molar-refractivity contribution >= 4 is 38.6 Å². The minimum absolute atomic E-state index is 0.0999. The van der Waals surface area contributed by atoms with Gasteiger partial charge in [-0.15, -0.1) is 22.7 Å². The van der Waals surface area contributed by atoms with Crippen LogP contribution in [-0.4, -0.2) is 17.0 Å². The second kappa shape index (κ2) is 7.18. The number of rotatable bonds is 6. The van der Waals surface area contributed by atoms with Gasteiger partial charge in [0.2, 0.25) is 0 Å². The molecule has 0 saturated heterocycles. The normalized spacial score (nSPS) is 14.9. The Hall–Kier alpha value is -0.200. The van der Waals surface area contributed by atoms with Gasteiger partial charge in [-0.1, -0.05) is 6.07 Å². The summed E-state index contributed by atoms with van der Waals surface area (Å²) < 4.78 is 1.14. The predicted octanol–water partition coefficient (Wildman–Crippen LogP) is 4.87. The Morgan fingerprint density at radius 2 is 2.05 bits per heavy atom. The highest BCUT2D eigenvalue weighted by atomic mass is 79.9. The van der Waals surface area contributed by atoms with E-state index in [0.29, 0.717) is 6.04 Å². The molecule has 0 fully saturated rings. The molecule has 2 unspecified atom stereocenters. The van der Waals surface area contributed by atoms with E-state index in [-0.39, 0.29) is 12.1 Å². The van der Waals surface area contributed by atoms with E-state index in [1.54, 1.807) is 11.3 Å². The first kappa shape index (κ1) is 16.2. The Kier molecular flexibility index (Phi) is 5.81. The topological polar surface area (TPSA) is 29.3 Å². The lowest BCUT2D eigenvalue weighted by molar-refractivity contribution is 0.131. The zero-order valence-corrected chi connectivity index (χ0v) is 15.3. The lowest BCUT2D eigenvalue weighted by Crippen LogP contribution is -2.42. The van der Waals surface area contributed by atoms with E-state index in [0.717, 1.165) is 11.0 Å². The van der Waals surface area contributed by atoms with Crippen LogP contribution in [0.15, 0.2) is 33.4 Å². The van der Waals surface area contributed by atoms with Gasteiger partial charge < -0.3 is 5.73 Å². The van der Waals surface area contributed by atoms with Crippen LogP contribution in [0.3, 0.4) is 0 Å². The standard InChI is InChI=1S/C15H21BrN2S2/c1-10(2)18(8-13-5-4-6-19-13)15(11(3)17)14-7-12(16)9-20-14/h4-7,9-11,15H,8,17H2,1-3H3. The maximum Gasteiger partial charge on any atom is 0.0596 e. The summed E-state index contributed by atoms with van der Waals surface area (Å²) in [6.07, 6.45) is 0. The number of nitrogens with zero attached hydrogens (tertiary/aromatic N) is 1. The van der Waals surface area contributed by atoms with E-state index < -0.39 is 0 Å². The van der Waals surface area contributed by atoms with Gasteiger partial charge in [-0.2, -0.15) is 0 Å². The number of halogens is 1. The third-order valence-electron chi connectivity index (χ3n) is 3.32. The van der Waals surface area contributed by atoms with Gasteiger partial charge >= 0.3 is 0 Å². The van der Waals surface area contributed by atoms with Crippen molar-refractivity contribution < 1.29 is 0 Å². The summed E-state index contributed by atoms with van der Waals surface area (Å²) in [7, 11) is 0. The van der Waals surface area contributed by atoms with Crippen LogP contribution in [0.2, 0.25) is 0 Å². The molecule has 0 saturated carbocycles. The van der Waals surface area contributed by atoms with Crippen molar-refractivity contribution in [3.63, 3.8) is 0 Å². The molecule has 2 nitrogen and oxygen atoms in total. The molecule has 2 atom stereocenters. The Balaban J connectivity index is 2.28. The summed E-state index contributed by atoms with van der Waals surface area (Å²) >= 11 is 7.14. The van der Waals surface area contributed by atoms with Crippen LogP contribution in [0.5, 0.6) is 0 Å². The number of hydrogen-bond donors (Lipinski definition) is 1. The molecule has 0 aromatic carbocycles. The smallest absolute Gasteiger partial charge is 0.0596 e. The van der Waals surface area contributed by atoms with Crippen LogP contribution in [0.4, 0.5) is 0 Å². The summed E-state index contributed by atoms with van der Waals surface area (Å²) in [5.74, 6) is 0. The minimum Gasteiger partial charge on any atom is -0.326 e. The van der Waals surface area contributed by atoms with Gasteiger partial charge in [0.15, 0.2) is 0 Å². The Morgan fingerprint density at radius 3 is 2.50 bits per heavy atom. The van der Waals surface area contributed by atoms with Gasteiger partial charge in [0.05, 0.1) is 6.04 Å². The Bertz CT molecular complexity index is 520. The van der Waals surface area contributed by atoms with Gasteiger partial charge in [0.1, 0.15) is 0 Å². The van der Waals surface area contributed by atoms with E-state index in [4.69, 9.17) is 5.73 Å². The molecule has 20 heavy (non-hydrogen) atoms. The van der Waals surface area contributed by atoms with Crippen LogP contribution in [0, 0.1) is 0 Å². The van der Waals surface area contributed by atoms with E-state index in [1.165, 1.54) is 9.75 Å². The van der Waals surface area contributed by atoms with Crippen molar-refractivity contribution in [1.29, 1.82) is 0 Å². The lowest BCUT2D eigenvalue weighted by Gasteiger charge is -2.36. The monoisotopic (exact) mass is 372 g/mol. The van der Waals surface area contributed by atoms with Crippen molar-refractivity contribution in [2.45, 2.75) is 45.4 Å². The summed E-state index contributed by atoms with van der Waals surface area (Å²) in [5, 5.41) is 4.27. The second-order valence-electron chi connectivity index (χ2n) is 5.32. The fourth-order valence-electron chi connectivity index (χ4n) is 2.39. The van der Waals surface area contributed by atoms with Crippen molar-refractivity contribution in [3.05, 3.63) is 43.2 Å². The summed E-state index contributed by atoms with van der Waals surface area (Å²) in [5.41, 5.74) is 6.30. The van der Waals surface area contributed by atoms with Gasteiger partial charge in [0, 0.05) is 38.2 Å².